The zero-order valence-electron chi connectivity index (χ0n) is 7.28. The second-order valence-electron chi connectivity index (χ2n) is 2.47. The molecule has 13 heavy (non-hydrogen) atoms. The van der Waals surface area contributed by atoms with Crippen molar-refractivity contribution in [1.82, 2.24) is 5.43 Å². The van der Waals surface area contributed by atoms with Gasteiger partial charge in [0.15, 0.2) is 5.76 Å². The van der Waals surface area contributed by atoms with E-state index in [1.54, 1.807) is 19.1 Å². The number of furan rings is 1. The fourth-order valence-electron chi connectivity index (χ4n) is 0.655. The minimum atomic E-state index is -0.377. The number of carbonyl (C=O) groups is 1. The molecule has 0 saturated heterocycles. The third-order valence-electron chi connectivity index (χ3n) is 1.39. The van der Waals surface area contributed by atoms with Crippen LogP contribution in [-0.2, 0) is 0 Å². The molecule has 0 aliphatic heterocycles. The first-order valence-electron chi connectivity index (χ1n) is 3.81. The first-order chi connectivity index (χ1) is 6.24. The fraction of sp³-hybridized carbons (Fsp3) is 0.250. The Bertz CT molecular complexity index is 303. The van der Waals surface area contributed by atoms with E-state index in [0.29, 0.717) is 12.3 Å². The normalized spacial score (nSPS) is 11.4. The molecule has 1 heterocycles. The zero-order chi connectivity index (χ0) is 9.68. The molecular formula is C8H11N3O2. The summed E-state index contributed by atoms with van der Waals surface area (Å²) in [5.74, 6) is -0.147. The second kappa shape index (κ2) is 4.42. The first-order valence-corrected chi connectivity index (χ1v) is 3.81. The van der Waals surface area contributed by atoms with Crippen molar-refractivity contribution < 1.29 is 9.21 Å². The summed E-state index contributed by atoms with van der Waals surface area (Å²) in [6.07, 6.45) is 1.43. The van der Waals surface area contributed by atoms with Gasteiger partial charge in [-0.15, -0.1) is 0 Å². The Balaban J connectivity index is 2.52. The van der Waals surface area contributed by atoms with Crippen molar-refractivity contribution in [1.29, 1.82) is 0 Å². The number of hydrogen-bond donors (Lipinski definition) is 2. The molecule has 0 aliphatic carbocycles. The third kappa shape index (κ3) is 2.72. The van der Waals surface area contributed by atoms with E-state index in [-0.39, 0.29) is 11.7 Å². The average Bonchev–Trinajstić information content (AvgIpc) is 2.66. The van der Waals surface area contributed by atoms with Crippen molar-refractivity contribution in [2.75, 3.05) is 6.54 Å². The molecule has 1 amide bonds. The Hall–Kier alpha value is -1.62. The van der Waals surface area contributed by atoms with E-state index in [1.807, 2.05) is 0 Å². The lowest BCUT2D eigenvalue weighted by Crippen LogP contribution is -2.21. The maximum absolute atomic E-state index is 11.2. The first kappa shape index (κ1) is 9.47. The minimum absolute atomic E-state index is 0.230. The molecular weight excluding hydrogens is 170 g/mol. The van der Waals surface area contributed by atoms with E-state index < -0.39 is 0 Å². The topological polar surface area (TPSA) is 80.6 Å². The number of hydrazone groups is 1. The molecule has 0 saturated carbocycles. The van der Waals surface area contributed by atoms with Crippen LogP contribution >= 0.6 is 0 Å². The summed E-state index contributed by atoms with van der Waals surface area (Å²) in [6.45, 7) is 2.04. The molecule has 5 nitrogen and oxygen atoms in total. The van der Waals surface area contributed by atoms with Gasteiger partial charge in [-0.2, -0.15) is 5.10 Å². The molecule has 0 bridgehead atoms. The number of nitrogens with two attached hydrogens (primary N) is 1. The highest BCUT2D eigenvalue weighted by atomic mass is 16.3. The number of carbonyl (C=O) groups excluding carboxylic acids is 1. The lowest BCUT2D eigenvalue weighted by molar-refractivity contribution is 0.0927. The molecule has 0 unspecified atom stereocenters. The number of nitrogens with one attached hydrogen (secondary N) is 1. The van der Waals surface area contributed by atoms with Crippen molar-refractivity contribution in [2.45, 2.75) is 6.92 Å². The average molecular weight is 181 g/mol. The monoisotopic (exact) mass is 181 g/mol. The van der Waals surface area contributed by atoms with Crippen LogP contribution in [0.25, 0.3) is 0 Å². The van der Waals surface area contributed by atoms with Gasteiger partial charge in [0, 0.05) is 12.3 Å². The van der Waals surface area contributed by atoms with Crippen molar-refractivity contribution in [2.24, 2.45) is 10.8 Å². The third-order valence-corrected chi connectivity index (χ3v) is 1.39. The quantitative estimate of drug-likeness (QED) is 0.521. The Labute approximate surface area is 75.6 Å². The van der Waals surface area contributed by atoms with E-state index >= 15 is 0 Å². The summed E-state index contributed by atoms with van der Waals surface area (Å²) in [5.41, 5.74) is 8.24. The van der Waals surface area contributed by atoms with Gasteiger partial charge in [-0.25, -0.2) is 5.43 Å². The van der Waals surface area contributed by atoms with E-state index in [1.165, 1.54) is 6.26 Å². The summed E-state index contributed by atoms with van der Waals surface area (Å²) in [5, 5.41) is 3.73. The van der Waals surface area contributed by atoms with Gasteiger partial charge in [-0.3, -0.25) is 4.79 Å². The summed E-state index contributed by atoms with van der Waals surface area (Å²) >= 11 is 0. The summed E-state index contributed by atoms with van der Waals surface area (Å²) in [6, 6.07) is 3.19. The van der Waals surface area contributed by atoms with Crippen molar-refractivity contribution >= 4 is 11.6 Å². The molecule has 1 aromatic heterocycles. The van der Waals surface area contributed by atoms with E-state index in [9.17, 15) is 4.79 Å². The predicted molar refractivity (Wildman–Crippen MR) is 48.3 cm³/mol. The van der Waals surface area contributed by atoms with Crippen LogP contribution in [0, 0.1) is 0 Å². The lowest BCUT2D eigenvalue weighted by atomic mass is 10.4. The van der Waals surface area contributed by atoms with Gasteiger partial charge in [0.1, 0.15) is 0 Å². The maximum atomic E-state index is 11.2. The maximum Gasteiger partial charge on any atom is 0.307 e. The van der Waals surface area contributed by atoms with Crippen LogP contribution < -0.4 is 11.2 Å². The van der Waals surface area contributed by atoms with Crippen LogP contribution in [0.15, 0.2) is 27.9 Å². The number of amides is 1. The van der Waals surface area contributed by atoms with Gasteiger partial charge in [0.25, 0.3) is 0 Å². The van der Waals surface area contributed by atoms with Gasteiger partial charge in [0.2, 0.25) is 0 Å². The van der Waals surface area contributed by atoms with Gasteiger partial charge in [0.05, 0.1) is 6.26 Å². The molecule has 70 valence electrons. The standard InChI is InChI=1S/C8H11N3O2/c1-6(5-9)10-11-8(12)7-3-2-4-13-7/h2-4H,5,9H2,1H3,(H,11,12)/b10-6+. The highest BCUT2D eigenvalue weighted by Gasteiger charge is 2.05. The Morgan fingerprint density at radius 3 is 3.08 bits per heavy atom. The molecule has 1 aromatic rings. The Morgan fingerprint density at radius 2 is 2.54 bits per heavy atom. The lowest BCUT2D eigenvalue weighted by Gasteiger charge is -1.96. The van der Waals surface area contributed by atoms with Crippen molar-refractivity contribution in [3.05, 3.63) is 24.2 Å². The number of nitrogens with zero attached hydrogens (tertiary/aromatic N) is 1. The van der Waals surface area contributed by atoms with E-state index in [0.717, 1.165) is 0 Å². The predicted octanol–water partition coefficient (Wildman–Crippen LogP) is 0.344. The molecule has 0 spiro atoms. The van der Waals surface area contributed by atoms with Gasteiger partial charge in [-0.05, 0) is 19.1 Å². The SMILES string of the molecule is C/C(CN)=N\NC(=O)c1ccco1. The Kier molecular flexibility index (Phi) is 3.22. The van der Waals surface area contributed by atoms with E-state index in [4.69, 9.17) is 10.2 Å². The zero-order valence-corrected chi connectivity index (χ0v) is 7.28. The van der Waals surface area contributed by atoms with Crippen LogP contribution in [0.4, 0.5) is 0 Å². The molecule has 0 radical (unpaired) electrons. The van der Waals surface area contributed by atoms with Crippen LogP contribution in [0.3, 0.4) is 0 Å². The van der Waals surface area contributed by atoms with Gasteiger partial charge >= 0.3 is 5.91 Å². The van der Waals surface area contributed by atoms with Crippen LogP contribution in [0.2, 0.25) is 0 Å². The number of rotatable bonds is 3. The molecule has 0 fully saturated rings. The second-order valence-corrected chi connectivity index (χ2v) is 2.47. The molecule has 0 atom stereocenters. The molecule has 1 rings (SSSR count). The molecule has 0 aromatic carbocycles. The largest absolute Gasteiger partial charge is 0.459 e. The summed E-state index contributed by atoms with van der Waals surface area (Å²) in [7, 11) is 0. The van der Waals surface area contributed by atoms with Crippen LogP contribution in [-0.4, -0.2) is 18.2 Å². The fourth-order valence-corrected chi connectivity index (χ4v) is 0.655. The Morgan fingerprint density at radius 1 is 1.77 bits per heavy atom. The minimum Gasteiger partial charge on any atom is -0.459 e. The smallest absolute Gasteiger partial charge is 0.307 e. The molecule has 0 aliphatic rings. The van der Waals surface area contributed by atoms with Crippen molar-refractivity contribution in [3.8, 4) is 0 Å². The summed E-state index contributed by atoms with van der Waals surface area (Å²) < 4.78 is 4.85. The van der Waals surface area contributed by atoms with Crippen LogP contribution in [0.5, 0.6) is 0 Å². The highest BCUT2D eigenvalue weighted by molar-refractivity contribution is 5.93. The van der Waals surface area contributed by atoms with Crippen molar-refractivity contribution in [3.63, 3.8) is 0 Å². The van der Waals surface area contributed by atoms with E-state index in [2.05, 4.69) is 10.5 Å². The highest BCUT2D eigenvalue weighted by Crippen LogP contribution is 1.98. The van der Waals surface area contributed by atoms with Crippen LogP contribution in [0.1, 0.15) is 17.5 Å². The van der Waals surface area contributed by atoms with Gasteiger partial charge in [-0.1, -0.05) is 0 Å². The number of hydrogen-bond acceptors (Lipinski definition) is 4. The molecule has 3 N–H and O–H groups in total. The van der Waals surface area contributed by atoms with Gasteiger partial charge < -0.3 is 10.2 Å². The molecule has 5 heteroatoms. The summed E-state index contributed by atoms with van der Waals surface area (Å²) in [4.78, 5) is 11.2.